The quantitative estimate of drug-likeness (QED) is 0.754. The number of nitrogens with one attached hydrogen (secondary N) is 1. The van der Waals surface area contributed by atoms with Crippen LogP contribution >= 0.6 is 0 Å². The zero-order valence-electron chi connectivity index (χ0n) is 10.8. The minimum absolute atomic E-state index is 0.0157. The van der Waals surface area contributed by atoms with Crippen LogP contribution in [0.5, 0.6) is 0 Å². The molecule has 0 aliphatic carbocycles. The second-order valence-electron chi connectivity index (χ2n) is 4.95. The van der Waals surface area contributed by atoms with Gasteiger partial charge in [-0.25, -0.2) is 9.59 Å². The normalized spacial score (nSPS) is 30.5. The number of aliphatic carboxylic acids is 1. The van der Waals surface area contributed by atoms with E-state index >= 15 is 0 Å². The molecule has 2 fully saturated rings. The molecule has 106 valence electrons. The van der Waals surface area contributed by atoms with Crippen LogP contribution in [0.1, 0.15) is 32.1 Å². The van der Waals surface area contributed by atoms with Crippen molar-refractivity contribution in [2.45, 2.75) is 50.2 Å². The van der Waals surface area contributed by atoms with Crippen LogP contribution in [0.4, 0.5) is 4.79 Å². The van der Waals surface area contributed by atoms with Gasteiger partial charge in [-0.15, -0.1) is 0 Å². The minimum atomic E-state index is -0.977. The maximum absolute atomic E-state index is 12.4. The summed E-state index contributed by atoms with van der Waals surface area (Å²) in [6, 6.07) is -1.46. The van der Waals surface area contributed by atoms with E-state index in [1.165, 1.54) is 12.0 Å². The van der Waals surface area contributed by atoms with Gasteiger partial charge in [0.1, 0.15) is 12.1 Å². The zero-order valence-corrected chi connectivity index (χ0v) is 10.8. The van der Waals surface area contributed by atoms with E-state index in [9.17, 15) is 19.5 Å². The summed E-state index contributed by atoms with van der Waals surface area (Å²) in [5.41, 5.74) is 0. The van der Waals surface area contributed by atoms with Crippen LogP contribution in [0.15, 0.2) is 0 Å². The van der Waals surface area contributed by atoms with E-state index < -0.39 is 24.1 Å². The average molecular weight is 270 g/mol. The Labute approximate surface area is 110 Å². The molecule has 0 saturated carbocycles. The Bertz CT molecular complexity index is 398. The van der Waals surface area contributed by atoms with Crippen molar-refractivity contribution in [2.24, 2.45) is 0 Å². The standard InChI is InChI=1S/C12H18N2O5/c1-19-12(18)13-8-4-2-3-7-5-6-9(11(16)17)14(7)10(8)15/h7-9H,2-6H2,1H3,(H,13,18)(H,16,17)/t7-,8+,9+/m1/s1. The van der Waals surface area contributed by atoms with Crippen LogP contribution in [0, 0.1) is 0 Å². The first-order valence-electron chi connectivity index (χ1n) is 6.44. The third-order valence-electron chi connectivity index (χ3n) is 3.85. The van der Waals surface area contributed by atoms with Crippen molar-refractivity contribution in [3.63, 3.8) is 0 Å². The molecule has 0 aromatic carbocycles. The Kier molecular flexibility index (Phi) is 3.92. The van der Waals surface area contributed by atoms with E-state index in [2.05, 4.69) is 10.1 Å². The maximum atomic E-state index is 12.4. The van der Waals surface area contributed by atoms with Crippen LogP contribution in [0.2, 0.25) is 0 Å². The number of hydrogen-bond acceptors (Lipinski definition) is 4. The van der Waals surface area contributed by atoms with E-state index in [4.69, 9.17) is 0 Å². The molecule has 2 amide bonds. The molecule has 2 rings (SSSR count). The number of rotatable bonds is 2. The number of amides is 2. The first-order chi connectivity index (χ1) is 9.04. The minimum Gasteiger partial charge on any atom is -0.480 e. The molecule has 0 spiro atoms. The van der Waals surface area contributed by atoms with Crippen molar-refractivity contribution in [1.82, 2.24) is 10.2 Å². The molecule has 7 nitrogen and oxygen atoms in total. The molecule has 3 atom stereocenters. The van der Waals surface area contributed by atoms with Crippen molar-refractivity contribution in [3.05, 3.63) is 0 Å². The van der Waals surface area contributed by atoms with Gasteiger partial charge in [-0.2, -0.15) is 0 Å². The molecular formula is C12H18N2O5. The summed E-state index contributed by atoms with van der Waals surface area (Å²) in [7, 11) is 1.23. The number of carboxylic acids is 1. The molecule has 2 N–H and O–H groups in total. The Hall–Kier alpha value is -1.79. The summed E-state index contributed by atoms with van der Waals surface area (Å²) in [5.74, 6) is -1.28. The molecule has 19 heavy (non-hydrogen) atoms. The van der Waals surface area contributed by atoms with Crippen LogP contribution in [0.25, 0.3) is 0 Å². The third-order valence-corrected chi connectivity index (χ3v) is 3.85. The molecule has 2 saturated heterocycles. The van der Waals surface area contributed by atoms with E-state index in [0.29, 0.717) is 19.3 Å². The molecule has 0 aromatic rings. The van der Waals surface area contributed by atoms with Crippen LogP contribution < -0.4 is 5.32 Å². The van der Waals surface area contributed by atoms with Gasteiger partial charge in [0.05, 0.1) is 7.11 Å². The molecule has 0 unspecified atom stereocenters. The Morgan fingerprint density at radius 1 is 1.32 bits per heavy atom. The highest BCUT2D eigenvalue weighted by Gasteiger charge is 2.44. The molecule has 0 radical (unpaired) electrons. The number of hydrogen-bond donors (Lipinski definition) is 2. The highest BCUT2D eigenvalue weighted by molar-refractivity contribution is 5.90. The van der Waals surface area contributed by atoms with Gasteiger partial charge in [-0.3, -0.25) is 4.79 Å². The molecule has 2 aliphatic heterocycles. The Morgan fingerprint density at radius 3 is 2.68 bits per heavy atom. The number of nitrogens with zero attached hydrogens (tertiary/aromatic N) is 1. The van der Waals surface area contributed by atoms with E-state index in [1.54, 1.807) is 0 Å². The smallest absolute Gasteiger partial charge is 0.407 e. The molecule has 0 bridgehead atoms. The summed E-state index contributed by atoms with van der Waals surface area (Å²) in [5, 5.41) is 11.7. The van der Waals surface area contributed by atoms with E-state index in [0.717, 1.165) is 12.8 Å². The molecule has 2 aliphatic rings. The second kappa shape index (κ2) is 5.46. The lowest BCUT2D eigenvalue weighted by Gasteiger charge is -2.28. The number of carbonyl (C=O) groups is 3. The van der Waals surface area contributed by atoms with Crippen molar-refractivity contribution >= 4 is 18.0 Å². The van der Waals surface area contributed by atoms with Crippen molar-refractivity contribution < 1.29 is 24.2 Å². The lowest BCUT2D eigenvalue weighted by atomic mass is 10.1. The predicted octanol–water partition coefficient (Wildman–Crippen LogP) is 0.339. The van der Waals surface area contributed by atoms with Crippen molar-refractivity contribution in [1.29, 1.82) is 0 Å². The van der Waals surface area contributed by atoms with E-state index in [-0.39, 0.29) is 11.9 Å². The number of fused-ring (bicyclic) bond motifs is 1. The molecule has 0 aromatic heterocycles. The van der Waals surface area contributed by atoms with Crippen molar-refractivity contribution in [2.75, 3.05) is 7.11 Å². The monoisotopic (exact) mass is 270 g/mol. The highest BCUT2D eigenvalue weighted by atomic mass is 16.5. The van der Waals surface area contributed by atoms with Crippen LogP contribution in [-0.2, 0) is 14.3 Å². The van der Waals surface area contributed by atoms with Gasteiger partial charge < -0.3 is 20.1 Å². The summed E-state index contributed by atoms with van der Waals surface area (Å²) < 4.78 is 4.49. The molecule has 2 heterocycles. The summed E-state index contributed by atoms with van der Waals surface area (Å²) in [6.45, 7) is 0. The van der Waals surface area contributed by atoms with Crippen molar-refractivity contribution in [3.8, 4) is 0 Å². The largest absolute Gasteiger partial charge is 0.480 e. The zero-order chi connectivity index (χ0) is 14.0. The first kappa shape index (κ1) is 13.6. The Balaban J connectivity index is 2.15. The lowest BCUT2D eigenvalue weighted by molar-refractivity contribution is -0.150. The Morgan fingerprint density at radius 2 is 2.05 bits per heavy atom. The van der Waals surface area contributed by atoms with Gasteiger partial charge >= 0.3 is 12.1 Å². The summed E-state index contributed by atoms with van der Waals surface area (Å²) in [6.07, 6.45) is 2.63. The topological polar surface area (TPSA) is 95.9 Å². The number of ether oxygens (including phenoxy) is 1. The molecular weight excluding hydrogens is 252 g/mol. The van der Waals surface area contributed by atoms with Gasteiger partial charge in [0, 0.05) is 6.04 Å². The van der Waals surface area contributed by atoms with Gasteiger partial charge in [0.25, 0.3) is 0 Å². The highest BCUT2D eigenvalue weighted by Crippen LogP contribution is 2.31. The summed E-state index contributed by atoms with van der Waals surface area (Å²) >= 11 is 0. The maximum Gasteiger partial charge on any atom is 0.407 e. The third kappa shape index (κ3) is 2.64. The van der Waals surface area contributed by atoms with Gasteiger partial charge in [-0.1, -0.05) is 0 Å². The SMILES string of the molecule is COC(=O)N[C@H]1CCC[C@@H]2CC[C@@H](C(=O)O)N2C1=O. The fraction of sp³-hybridized carbons (Fsp3) is 0.750. The van der Waals surface area contributed by atoms with E-state index in [1.807, 2.05) is 0 Å². The second-order valence-corrected chi connectivity index (χ2v) is 4.95. The summed E-state index contributed by atoms with van der Waals surface area (Å²) in [4.78, 5) is 36.2. The van der Waals surface area contributed by atoms with Gasteiger partial charge in [0.15, 0.2) is 0 Å². The fourth-order valence-corrected chi connectivity index (χ4v) is 2.94. The molecule has 7 heteroatoms. The number of methoxy groups -OCH3 is 1. The lowest BCUT2D eigenvalue weighted by Crippen LogP contribution is -2.52. The van der Waals surface area contributed by atoms with Crippen LogP contribution in [-0.4, -0.2) is 53.2 Å². The van der Waals surface area contributed by atoms with Gasteiger partial charge in [-0.05, 0) is 32.1 Å². The number of carboxylic acid groups (broad SMARTS) is 1. The predicted molar refractivity (Wildman–Crippen MR) is 64.5 cm³/mol. The number of alkyl carbamates (subject to hydrolysis) is 1. The average Bonchev–Trinajstić information content (AvgIpc) is 2.74. The van der Waals surface area contributed by atoms with Gasteiger partial charge in [0.2, 0.25) is 5.91 Å². The fourth-order valence-electron chi connectivity index (χ4n) is 2.94. The number of carbonyl (C=O) groups excluding carboxylic acids is 2. The van der Waals surface area contributed by atoms with Crippen LogP contribution in [0.3, 0.4) is 0 Å². The first-order valence-corrected chi connectivity index (χ1v) is 6.44.